The normalized spacial score (nSPS) is 9.12. The smallest absolute Gasteiger partial charge is 0.0346 e. The summed E-state index contributed by atoms with van der Waals surface area (Å²) in [5.41, 5.74) is 1.40. The van der Waals surface area contributed by atoms with Gasteiger partial charge in [-0.05, 0) is 22.9 Å². The number of hydrogen-bond acceptors (Lipinski definition) is 1. The molecule has 0 radical (unpaired) electrons. The van der Waals surface area contributed by atoms with Gasteiger partial charge in [0.2, 0.25) is 0 Å². The van der Waals surface area contributed by atoms with Crippen LogP contribution in [0.5, 0.6) is 0 Å². The molecule has 0 saturated carbocycles. The Bertz CT molecular complexity index is 413. The van der Waals surface area contributed by atoms with E-state index in [4.69, 9.17) is 0 Å². The Morgan fingerprint density at radius 2 is 1.59 bits per heavy atom. The fourth-order valence-corrected chi connectivity index (χ4v) is 1.65. The van der Waals surface area contributed by atoms with E-state index in [2.05, 4.69) is 43.1 Å². The molecule has 0 aliphatic rings. The van der Waals surface area contributed by atoms with Crippen molar-refractivity contribution in [3.63, 3.8) is 0 Å². The fraction of sp³-hybridized carbons (Fsp3) is 0.438. The summed E-state index contributed by atoms with van der Waals surface area (Å²) in [6, 6.07) is 8.48. The monoisotopic (exact) mass is 231 g/mol. The van der Waals surface area contributed by atoms with Gasteiger partial charge in [0.25, 0.3) is 0 Å². The van der Waals surface area contributed by atoms with E-state index in [0.29, 0.717) is 5.92 Å². The van der Waals surface area contributed by atoms with Crippen molar-refractivity contribution in [2.45, 2.75) is 47.5 Å². The number of hydrogen-bond donors (Lipinski definition) is 0. The van der Waals surface area contributed by atoms with Crippen molar-refractivity contribution >= 4 is 10.8 Å². The highest BCUT2D eigenvalue weighted by atomic mass is 14.6. The van der Waals surface area contributed by atoms with Crippen molar-refractivity contribution in [2.75, 3.05) is 0 Å². The Morgan fingerprint density at radius 3 is 2.18 bits per heavy atom. The summed E-state index contributed by atoms with van der Waals surface area (Å²) in [4.78, 5) is 4.11. The lowest BCUT2D eigenvalue weighted by Gasteiger charge is -2.08. The second-order valence-electron chi connectivity index (χ2n) is 3.60. The Hall–Kier alpha value is -1.37. The van der Waals surface area contributed by atoms with Crippen LogP contribution < -0.4 is 0 Å². The lowest BCUT2D eigenvalue weighted by atomic mass is 9.97. The lowest BCUT2D eigenvalue weighted by Crippen LogP contribution is -1.88. The minimum atomic E-state index is 0.575. The average Bonchev–Trinajstić information content (AvgIpc) is 2.42. The van der Waals surface area contributed by atoms with E-state index in [-0.39, 0.29) is 0 Å². The number of nitrogens with zero attached hydrogens (tertiary/aromatic N) is 1. The fourth-order valence-electron chi connectivity index (χ4n) is 1.65. The highest BCUT2D eigenvalue weighted by Gasteiger charge is 2.03. The predicted molar refractivity (Wildman–Crippen MR) is 78.5 cm³/mol. The van der Waals surface area contributed by atoms with Crippen molar-refractivity contribution in [1.29, 1.82) is 0 Å². The second-order valence-corrected chi connectivity index (χ2v) is 3.60. The molecule has 1 heterocycles. The molecular formula is C16H25N. The molecular weight excluding hydrogens is 206 g/mol. The molecule has 0 aliphatic heterocycles. The largest absolute Gasteiger partial charge is 0.264 e. The zero-order chi connectivity index (χ0) is 13.3. The average molecular weight is 231 g/mol. The number of rotatable bonds is 1. The summed E-state index contributed by atoms with van der Waals surface area (Å²) < 4.78 is 0. The number of benzene rings is 1. The zero-order valence-corrected chi connectivity index (χ0v) is 12.0. The van der Waals surface area contributed by atoms with Crippen LogP contribution in [-0.4, -0.2) is 4.98 Å². The molecule has 0 amide bonds. The highest BCUT2D eigenvalue weighted by Crippen LogP contribution is 2.23. The third-order valence-corrected chi connectivity index (χ3v) is 2.34. The first-order valence-corrected chi connectivity index (χ1v) is 6.61. The molecule has 1 heteroatoms. The third kappa shape index (κ3) is 4.18. The van der Waals surface area contributed by atoms with Crippen LogP contribution >= 0.6 is 0 Å². The molecule has 17 heavy (non-hydrogen) atoms. The van der Waals surface area contributed by atoms with E-state index in [9.17, 15) is 0 Å². The minimum Gasteiger partial charge on any atom is -0.264 e. The molecule has 1 aromatic heterocycles. The van der Waals surface area contributed by atoms with E-state index >= 15 is 0 Å². The van der Waals surface area contributed by atoms with Gasteiger partial charge >= 0.3 is 0 Å². The number of aromatic nitrogens is 1. The molecule has 2 aromatic rings. The molecule has 0 unspecified atom stereocenters. The SMILES string of the molecule is CC.CC.CC(C)c1cccc2cnccc12. The Balaban J connectivity index is 0.000000581. The maximum atomic E-state index is 4.11. The lowest BCUT2D eigenvalue weighted by molar-refractivity contribution is 0.876. The predicted octanol–water partition coefficient (Wildman–Crippen LogP) is 5.41. The van der Waals surface area contributed by atoms with Crippen molar-refractivity contribution in [3.05, 3.63) is 42.2 Å². The van der Waals surface area contributed by atoms with Gasteiger partial charge in [0.05, 0.1) is 0 Å². The number of fused-ring (bicyclic) bond motifs is 1. The summed E-state index contributed by atoms with van der Waals surface area (Å²) >= 11 is 0. The molecule has 1 nitrogen and oxygen atoms in total. The maximum Gasteiger partial charge on any atom is 0.0346 e. The third-order valence-electron chi connectivity index (χ3n) is 2.34. The molecule has 94 valence electrons. The first-order chi connectivity index (χ1) is 8.29. The van der Waals surface area contributed by atoms with Crippen molar-refractivity contribution in [3.8, 4) is 0 Å². The van der Waals surface area contributed by atoms with Crippen LogP contribution in [0.2, 0.25) is 0 Å². The van der Waals surface area contributed by atoms with Crippen LogP contribution in [0, 0.1) is 0 Å². The molecule has 0 fully saturated rings. The highest BCUT2D eigenvalue weighted by molar-refractivity contribution is 5.85. The topological polar surface area (TPSA) is 12.9 Å². The first-order valence-electron chi connectivity index (χ1n) is 6.61. The van der Waals surface area contributed by atoms with E-state index in [1.807, 2.05) is 40.1 Å². The van der Waals surface area contributed by atoms with Gasteiger partial charge in [0.15, 0.2) is 0 Å². The van der Waals surface area contributed by atoms with Gasteiger partial charge in [-0.2, -0.15) is 0 Å². The zero-order valence-electron chi connectivity index (χ0n) is 12.0. The Labute approximate surface area is 106 Å². The minimum absolute atomic E-state index is 0.575. The van der Waals surface area contributed by atoms with Gasteiger partial charge in [-0.1, -0.05) is 59.7 Å². The maximum absolute atomic E-state index is 4.11. The van der Waals surface area contributed by atoms with Crippen LogP contribution in [0.3, 0.4) is 0 Å². The van der Waals surface area contributed by atoms with Crippen LogP contribution in [0.4, 0.5) is 0 Å². The van der Waals surface area contributed by atoms with E-state index in [1.165, 1.54) is 16.3 Å². The second kappa shape index (κ2) is 8.74. The Kier molecular flexibility index (Phi) is 8.04. The molecule has 0 N–H and O–H groups in total. The Morgan fingerprint density at radius 1 is 0.941 bits per heavy atom. The van der Waals surface area contributed by atoms with Crippen molar-refractivity contribution in [1.82, 2.24) is 4.98 Å². The molecule has 0 atom stereocenters. The molecule has 0 aliphatic carbocycles. The molecule has 0 spiro atoms. The van der Waals surface area contributed by atoms with Crippen LogP contribution in [0.1, 0.15) is 53.0 Å². The van der Waals surface area contributed by atoms with Crippen LogP contribution in [0.25, 0.3) is 10.8 Å². The van der Waals surface area contributed by atoms with E-state index < -0.39 is 0 Å². The summed E-state index contributed by atoms with van der Waals surface area (Å²) in [6.45, 7) is 12.4. The molecule has 0 bridgehead atoms. The summed E-state index contributed by atoms with van der Waals surface area (Å²) in [5.74, 6) is 0.575. The molecule has 1 aromatic carbocycles. The van der Waals surface area contributed by atoms with Gasteiger partial charge in [0.1, 0.15) is 0 Å². The van der Waals surface area contributed by atoms with Gasteiger partial charge < -0.3 is 0 Å². The van der Waals surface area contributed by atoms with Gasteiger partial charge in [-0.15, -0.1) is 0 Å². The summed E-state index contributed by atoms with van der Waals surface area (Å²) in [7, 11) is 0. The summed E-state index contributed by atoms with van der Waals surface area (Å²) in [5, 5.41) is 2.56. The standard InChI is InChI=1S/C12H13N.2C2H6/c1-9(2)11-5-3-4-10-8-13-7-6-12(10)11;2*1-2/h3-9H,1-2H3;2*1-2H3. The number of pyridine rings is 1. The molecule has 2 rings (SSSR count). The van der Waals surface area contributed by atoms with Crippen molar-refractivity contribution in [2.24, 2.45) is 0 Å². The van der Waals surface area contributed by atoms with Gasteiger partial charge in [0, 0.05) is 17.8 Å². The van der Waals surface area contributed by atoms with E-state index in [1.54, 1.807) is 0 Å². The molecule has 0 saturated heterocycles. The van der Waals surface area contributed by atoms with Crippen LogP contribution in [0.15, 0.2) is 36.7 Å². The first kappa shape index (κ1) is 15.6. The van der Waals surface area contributed by atoms with Gasteiger partial charge in [-0.25, -0.2) is 0 Å². The van der Waals surface area contributed by atoms with Crippen LogP contribution in [-0.2, 0) is 0 Å². The summed E-state index contributed by atoms with van der Waals surface area (Å²) in [6.07, 6.45) is 3.77. The van der Waals surface area contributed by atoms with E-state index in [0.717, 1.165) is 0 Å². The quantitative estimate of drug-likeness (QED) is 0.639. The van der Waals surface area contributed by atoms with Crippen molar-refractivity contribution < 1.29 is 0 Å². The van der Waals surface area contributed by atoms with Gasteiger partial charge in [-0.3, -0.25) is 4.98 Å².